The van der Waals surface area contributed by atoms with Crippen molar-refractivity contribution in [1.82, 2.24) is 0 Å². The van der Waals surface area contributed by atoms with Crippen LogP contribution in [0.5, 0.6) is 17.2 Å². The van der Waals surface area contributed by atoms with E-state index in [1.54, 1.807) is 61.6 Å². The van der Waals surface area contributed by atoms with Gasteiger partial charge in [-0.15, -0.1) is 0 Å². The molecule has 2 amide bonds. The molecule has 0 aromatic heterocycles. The van der Waals surface area contributed by atoms with Crippen molar-refractivity contribution in [3.63, 3.8) is 0 Å². The molecule has 182 valence electrons. The number of halogens is 1. The van der Waals surface area contributed by atoms with Crippen LogP contribution in [0.3, 0.4) is 0 Å². The number of methoxy groups -OCH3 is 3. The van der Waals surface area contributed by atoms with Crippen molar-refractivity contribution in [3.05, 3.63) is 78.1 Å². The van der Waals surface area contributed by atoms with E-state index in [9.17, 15) is 14.0 Å². The number of nitrogens with one attached hydrogen (secondary N) is 1. The molecule has 4 rings (SSSR count). The lowest BCUT2D eigenvalue weighted by molar-refractivity contribution is -0.125. The summed E-state index contributed by atoms with van der Waals surface area (Å²) in [7, 11) is 4.53. The smallest absolute Gasteiger partial charge is 0.229 e. The zero-order valence-electron chi connectivity index (χ0n) is 19.8. The molecule has 3 aromatic carbocycles. The van der Waals surface area contributed by atoms with Crippen molar-refractivity contribution in [3.8, 4) is 17.2 Å². The molecule has 0 radical (unpaired) electrons. The first kappa shape index (κ1) is 24.1. The number of carbonyl (C=O) groups excluding carboxylic acids is 2. The second-order valence-corrected chi connectivity index (χ2v) is 8.16. The van der Waals surface area contributed by atoms with Crippen molar-refractivity contribution in [2.24, 2.45) is 5.92 Å². The van der Waals surface area contributed by atoms with Gasteiger partial charge in [-0.1, -0.05) is 12.1 Å². The monoisotopic (exact) mass is 478 g/mol. The second-order valence-electron chi connectivity index (χ2n) is 8.16. The molecule has 0 saturated carbocycles. The van der Waals surface area contributed by atoms with Crippen molar-refractivity contribution in [2.75, 3.05) is 31.5 Å². The Morgan fingerprint density at radius 3 is 2.11 bits per heavy atom. The highest BCUT2D eigenvalue weighted by Crippen LogP contribution is 2.41. The molecular weight excluding hydrogens is 451 g/mol. The minimum atomic E-state index is -0.576. The molecule has 1 aliphatic heterocycles. The summed E-state index contributed by atoms with van der Waals surface area (Å²) in [5.41, 5.74) is 1.76. The van der Waals surface area contributed by atoms with Crippen LogP contribution in [0.4, 0.5) is 15.8 Å². The van der Waals surface area contributed by atoms with Crippen molar-refractivity contribution >= 4 is 23.2 Å². The van der Waals surface area contributed by atoms with Gasteiger partial charge in [0.15, 0.2) is 11.6 Å². The Kier molecular flexibility index (Phi) is 7.19. The molecule has 1 saturated heterocycles. The molecule has 2 atom stereocenters. The Morgan fingerprint density at radius 1 is 0.914 bits per heavy atom. The maximum atomic E-state index is 14.2. The van der Waals surface area contributed by atoms with E-state index in [1.165, 1.54) is 19.2 Å². The summed E-state index contributed by atoms with van der Waals surface area (Å²) in [6.45, 7) is 0. The predicted molar refractivity (Wildman–Crippen MR) is 131 cm³/mol. The summed E-state index contributed by atoms with van der Waals surface area (Å²) in [5, 5.41) is 2.81. The average Bonchev–Trinajstić information content (AvgIpc) is 2.88. The lowest BCUT2D eigenvalue weighted by Gasteiger charge is -2.41. The van der Waals surface area contributed by atoms with E-state index in [0.717, 1.165) is 5.56 Å². The Labute approximate surface area is 203 Å². The standard InChI is InChI=1S/C27H27FN2O5/c1-33-20-9-4-17(5-10-20)26-22(27(32)29-18-6-14-24(35-3)23(28)16-18)13-15-25(31)30(26)19-7-11-21(34-2)12-8-19/h4-12,14,16,22,26H,13,15H2,1-3H3,(H,29,32). The van der Waals surface area contributed by atoms with E-state index in [4.69, 9.17) is 14.2 Å². The Bertz CT molecular complexity index is 1200. The number of amides is 2. The van der Waals surface area contributed by atoms with E-state index >= 15 is 0 Å². The van der Waals surface area contributed by atoms with Gasteiger partial charge < -0.3 is 24.4 Å². The number of ether oxygens (including phenoxy) is 3. The molecule has 1 heterocycles. The van der Waals surface area contributed by atoms with Crippen LogP contribution in [0.1, 0.15) is 24.4 Å². The maximum absolute atomic E-state index is 14.2. The molecule has 3 aromatic rings. The third kappa shape index (κ3) is 5.06. The molecular formula is C27H27FN2O5. The van der Waals surface area contributed by atoms with E-state index in [-0.39, 0.29) is 24.0 Å². The van der Waals surface area contributed by atoms with Gasteiger partial charge in [-0.05, 0) is 60.5 Å². The third-order valence-corrected chi connectivity index (χ3v) is 6.16. The van der Waals surface area contributed by atoms with Gasteiger partial charge >= 0.3 is 0 Å². The van der Waals surface area contributed by atoms with Crippen LogP contribution in [0.15, 0.2) is 66.7 Å². The normalized spacial score (nSPS) is 17.6. The first-order valence-corrected chi connectivity index (χ1v) is 11.2. The fourth-order valence-corrected chi connectivity index (χ4v) is 4.38. The Hall–Kier alpha value is -4.07. The highest BCUT2D eigenvalue weighted by Gasteiger charge is 2.41. The summed E-state index contributed by atoms with van der Waals surface area (Å²) in [6.07, 6.45) is 0.556. The number of rotatable bonds is 7. The topological polar surface area (TPSA) is 77.1 Å². The number of benzene rings is 3. The van der Waals surface area contributed by atoms with Gasteiger partial charge in [0, 0.05) is 23.9 Å². The van der Waals surface area contributed by atoms with Gasteiger partial charge in [0.25, 0.3) is 0 Å². The number of nitrogens with zero attached hydrogens (tertiary/aromatic N) is 1. The summed E-state index contributed by atoms with van der Waals surface area (Å²) in [4.78, 5) is 28.3. The summed E-state index contributed by atoms with van der Waals surface area (Å²) >= 11 is 0. The van der Waals surface area contributed by atoms with Crippen molar-refractivity contribution in [2.45, 2.75) is 18.9 Å². The predicted octanol–water partition coefficient (Wildman–Crippen LogP) is 4.97. The Balaban J connectivity index is 1.71. The fraction of sp³-hybridized carbons (Fsp3) is 0.259. The van der Waals surface area contributed by atoms with E-state index < -0.39 is 17.8 Å². The zero-order chi connectivity index (χ0) is 24.9. The van der Waals surface area contributed by atoms with Crippen LogP contribution < -0.4 is 24.4 Å². The molecule has 0 aliphatic carbocycles. The summed E-state index contributed by atoms with van der Waals surface area (Å²) in [6, 6.07) is 18.1. The molecule has 0 bridgehead atoms. The quantitative estimate of drug-likeness (QED) is 0.519. The van der Waals surface area contributed by atoms with E-state index in [1.807, 2.05) is 12.1 Å². The third-order valence-electron chi connectivity index (χ3n) is 6.16. The van der Waals surface area contributed by atoms with Gasteiger partial charge in [0.2, 0.25) is 11.8 Å². The van der Waals surface area contributed by atoms with Crippen LogP contribution in [0, 0.1) is 11.7 Å². The van der Waals surface area contributed by atoms with Gasteiger partial charge in [-0.2, -0.15) is 0 Å². The fourth-order valence-electron chi connectivity index (χ4n) is 4.38. The average molecular weight is 479 g/mol. The second kappa shape index (κ2) is 10.5. The van der Waals surface area contributed by atoms with Crippen molar-refractivity contribution in [1.29, 1.82) is 0 Å². The SMILES string of the molecule is COc1ccc(C2C(C(=O)Nc3ccc(OC)c(F)c3)CCC(=O)N2c2ccc(OC)cc2)cc1. The van der Waals surface area contributed by atoms with E-state index in [0.29, 0.717) is 29.3 Å². The summed E-state index contributed by atoms with van der Waals surface area (Å²) < 4.78 is 29.7. The van der Waals surface area contributed by atoms with Gasteiger partial charge in [-0.25, -0.2) is 4.39 Å². The Morgan fingerprint density at radius 2 is 1.54 bits per heavy atom. The molecule has 8 heteroatoms. The highest BCUT2D eigenvalue weighted by molar-refractivity contribution is 6.00. The molecule has 7 nitrogen and oxygen atoms in total. The minimum Gasteiger partial charge on any atom is -0.497 e. The van der Waals surface area contributed by atoms with Gasteiger partial charge in [0.1, 0.15) is 11.5 Å². The summed E-state index contributed by atoms with van der Waals surface area (Å²) in [5.74, 6) is -0.120. The maximum Gasteiger partial charge on any atom is 0.229 e. The molecule has 35 heavy (non-hydrogen) atoms. The van der Waals surface area contributed by atoms with Gasteiger partial charge in [-0.3, -0.25) is 9.59 Å². The number of anilines is 2. The minimum absolute atomic E-state index is 0.0875. The molecule has 1 aliphatic rings. The van der Waals surface area contributed by atoms with Crippen molar-refractivity contribution < 1.29 is 28.2 Å². The first-order valence-electron chi connectivity index (χ1n) is 11.2. The van der Waals surface area contributed by atoms with Crippen LogP contribution in [-0.4, -0.2) is 33.1 Å². The van der Waals surface area contributed by atoms with Crippen LogP contribution in [-0.2, 0) is 9.59 Å². The number of carbonyl (C=O) groups is 2. The lowest BCUT2D eigenvalue weighted by atomic mass is 9.83. The van der Waals surface area contributed by atoms with E-state index in [2.05, 4.69) is 5.32 Å². The highest BCUT2D eigenvalue weighted by atomic mass is 19.1. The number of hydrogen-bond acceptors (Lipinski definition) is 5. The van der Waals surface area contributed by atoms with Gasteiger partial charge in [0.05, 0.1) is 33.3 Å². The van der Waals surface area contributed by atoms with Crippen LogP contribution in [0.2, 0.25) is 0 Å². The molecule has 1 fully saturated rings. The first-order chi connectivity index (χ1) is 16.9. The lowest BCUT2D eigenvalue weighted by Crippen LogP contribution is -2.47. The number of piperidine rings is 1. The number of hydrogen-bond donors (Lipinski definition) is 1. The zero-order valence-corrected chi connectivity index (χ0v) is 19.8. The van der Waals surface area contributed by atoms with Crippen LogP contribution >= 0.6 is 0 Å². The molecule has 2 unspecified atom stereocenters. The largest absolute Gasteiger partial charge is 0.497 e. The molecule has 1 N–H and O–H groups in total. The molecule has 0 spiro atoms. The van der Waals surface area contributed by atoms with Crippen LogP contribution in [0.25, 0.3) is 0 Å².